The summed E-state index contributed by atoms with van der Waals surface area (Å²) in [7, 11) is 7.31. The maximum atomic E-state index is 2.72. The first-order valence-corrected chi connectivity index (χ1v) is 9.05. The maximum absolute atomic E-state index is 2.72. The molecule has 0 rings (SSSR count). The fourth-order valence-corrected chi connectivity index (χ4v) is 6.59. The monoisotopic (exact) mass is 219 g/mol. The van der Waals surface area contributed by atoms with Gasteiger partial charge in [-0.15, -0.1) is 0 Å². The number of hydrogen-bond acceptors (Lipinski definition) is 3. The van der Waals surface area contributed by atoms with Crippen LogP contribution in [0.4, 0.5) is 0 Å². The molecule has 3 nitrogen and oxygen atoms in total. The molecule has 0 aromatic heterocycles. The quantitative estimate of drug-likeness (QED) is 0.609. The second-order valence-corrected chi connectivity index (χ2v) is 11.9. The molecule has 0 bridgehead atoms. The minimum absolute atomic E-state index is 0.200. The minimum atomic E-state index is -1.29. The van der Waals surface area contributed by atoms with E-state index in [1.165, 1.54) is 6.54 Å². The van der Waals surface area contributed by atoms with Gasteiger partial charge in [0, 0.05) is 0 Å². The molecule has 13 heavy (non-hydrogen) atoms. The van der Waals surface area contributed by atoms with Crippen LogP contribution in [0.5, 0.6) is 0 Å². The van der Waals surface area contributed by atoms with E-state index in [0.717, 1.165) is 0 Å². The van der Waals surface area contributed by atoms with Crippen molar-refractivity contribution in [1.82, 2.24) is 13.4 Å². The highest BCUT2D eigenvalue weighted by Gasteiger charge is 2.31. The van der Waals surface area contributed by atoms with E-state index >= 15 is 0 Å². The summed E-state index contributed by atoms with van der Waals surface area (Å²) < 4.78 is 7.52. The minimum Gasteiger partial charge on any atom is -0.327 e. The molecule has 0 spiro atoms. The Bertz CT molecular complexity index is 148. The van der Waals surface area contributed by atoms with Crippen LogP contribution in [0.3, 0.4) is 0 Å². The van der Waals surface area contributed by atoms with Crippen molar-refractivity contribution in [2.75, 3.05) is 34.7 Å². The Balaban J connectivity index is 4.37. The van der Waals surface area contributed by atoms with Crippen molar-refractivity contribution < 1.29 is 0 Å². The van der Waals surface area contributed by atoms with Crippen molar-refractivity contribution in [1.29, 1.82) is 0 Å². The fraction of sp³-hybridized carbons (Fsp3) is 1.00. The summed E-state index contributed by atoms with van der Waals surface area (Å²) in [5, 5.41) is 0. The molecule has 0 N–H and O–H groups in total. The second kappa shape index (κ2) is 5.26. The first kappa shape index (κ1) is 13.3. The van der Waals surface area contributed by atoms with Gasteiger partial charge in [-0.05, 0) is 47.8 Å². The third kappa shape index (κ3) is 3.91. The van der Waals surface area contributed by atoms with Crippen molar-refractivity contribution in [2.24, 2.45) is 0 Å². The molecule has 0 heterocycles. The van der Waals surface area contributed by atoms with Crippen LogP contribution in [0.2, 0.25) is 13.1 Å². The first-order valence-electron chi connectivity index (χ1n) is 4.89. The Morgan fingerprint density at radius 1 is 1.08 bits per heavy atom. The van der Waals surface area contributed by atoms with Gasteiger partial charge < -0.3 is 13.4 Å². The molecule has 5 heteroatoms. The van der Waals surface area contributed by atoms with Crippen molar-refractivity contribution in [3.8, 4) is 0 Å². The average molecular weight is 219 g/mol. The van der Waals surface area contributed by atoms with Crippen molar-refractivity contribution in [2.45, 2.75) is 20.0 Å². The molecule has 0 amide bonds. The van der Waals surface area contributed by atoms with E-state index in [2.05, 4.69) is 61.6 Å². The van der Waals surface area contributed by atoms with Crippen LogP contribution >= 0.6 is 0 Å². The normalized spacial score (nSPS) is 14.3. The summed E-state index contributed by atoms with van der Waals surface area (Å²) >= 11 is 0. The molecule has 0 saturated heterocycles. The van der Waals surface area contributed by atoms with Gasteiger partial charge >= 0.3 is 0 Å². The zero-order chi connectivity index (χ0) is 10.6. The van der Waals surface area contributed by atoms with Gasteiger partial charge in [-0.25, -0.2) is 0 Å². The Morgan fingerprint density at radius 3 is 1.77 bits per heavy atom. The molecule has 0 radical (unpaired) electrons. The van der Waals surface area contributed by atoms with Gasteiger partial charge in [-0.1, -0.05) is 6.92 Å². The molecule has 0 aromatic carbocycles. The van der Waals surface area contributed by atoms with Crippen LogP contribution in [0, 0.1) is 0 Å². The highest BCUT2D eigenvalue weighted by molar-refractivity contribution is 6.77. The molecular formula is C8H25N3Si2. The molecule has 0 saturated carbocycles. The molecule has 0 aliphatic heterocycles. The van der Waals surface area contributed by atoms with Gasteiger partial charge in [-0.2, -0.15) is 0 Å². The summed E-state index contributed by atoms with van der Waals surface area (Å²) in [5.41, 5.74) is 0. The number of hydrogen-bond donors (Lipinski definition) is 0. The molecule has 0 aromatic rings. The summed E-state index contributed by atoms with van der Waals surface area (Å²) in [4.78, 5) is 0. The average Bonchev–Trinajstić information content (AvgIpc) is 1.99. The lowest BCUT2D eigenvalue weighted by Gasteiger charge is -2.41. The largest absolute Gasteiger partial charge is 0.327 e. The van der Waals surface area contributed by atoms with Gasteiger partial charge in [0.25, 0.3) is 0 Å². The van der Waals surface area contributed by atoms with Gasteiger partial charge in [0.15, 0.2) is 18.2 Å². The van der Waals surface area contributed by atoms with E-state index in [1.807, 2.05) is 0 Å². The van der Waals surface area contributed by atoms with E-state index in [-0.39, 0.29) is 9.84 Å². The van der Waals surface area contributed by atoms with Crippen LogP contribution < -0.4 is 0 Å². The van der Waals surface area contributed by atoms with Crippen LogP contribution in [-0.4, -0.2) is 66.3 Å². The van der Waals surface area contributed by atoms with Crippen molar-refractivity contribution in [3.63, 3.8) is 0 Å². The lowest BCUT2D eigenvalue weighted by molar-refractivity contribution is 0.493. The molecular weight excluding hydrogens is 194 g/mol. The standard InChI is InChI=1S/C8H25N3Si2/c1-8-11(12-9(2)3)13(6,7)10(4)5/h8,12H2,1-7H3. The smallest absolute Gasteiger partial charge is 0.193 e. The second-order valence-electron chi connectivity index (χ2n) is 4.47. The fourth-order valence-electron chi connectivity index (χ4n) is 1.28. The summed E-state index contributed by atoms with van der Waals surface area (Å²) in [6.45, 7) is 8.32. The first-order chi connectivity index (χ1) is 5.82. The maximum Gasteiger partial charge on any atom is 0.193 e. The summed E-state index contributed by atoms with van der Waals surface area (Å²) in [6.07, 6.45) is 0. The van der Waals surface area contributed by atoms with E-state index < -0.39 is 8.40 Å². The van der Waals surface area contributed by atoms with E-state index in [1.54, 1.807) is 0 Å². The van der Waals surface area contributed by atoms with E-state index in [0.29, 0.717) is 0 Å². The molecule has 80 valence electrons. The highest BCUT2D eigenvalue weighted by Crippen LogP contribution is 2.10. The third-order valence-corrected chi connectivity index (χ3v) is 10.9. The Morgan fingerprint density at radius 2 is 1.54 bits per heavy atom. The van der Waals surface area contributed by atoms with Crippen LogP contribution in [0.1, 0.15) is 6.92 Å². The molecule has 0 atom stereocenters. The van der Waals surface area contributed by atoms with Gasteiger partial charge in [-0.3, -0.25) is 0 Å². The Labute approximate surface area is 86.8 Å². The Hall–Kier alpha value is 0.314. The van der Waals surface area contributed by atoms with E-state index in [9.17, 15) is 0 Å². The van der Waals surface area contributed by atoms with Gasteiger partial charge in [0.1, 0.15) is 0 Å². The molecule has 0 aliphatic carbocycles. The number of nitrogens with zero attached hydrogens (tertiary/aromatic N) is 3. The van der Waals surface area contributed by atoms with Crippen molar-refractivity contribution >= 4 is 18.2 Å². The zero-order valence-corrected chi connectivity index (χ0v) is 12.7. The highest BCUT2D eigenvalue weighted by atomic mass is 28.4. The van der Waals surface area contributed by atoms with E-state index in [4.69, 9.17) is 0 Å². The molecule has 0 fully saturated rings. The van der Waals surface area contributed by atoms with Crippen LogP contribution in [-0.2, 0) is 0 Å². The predicted octanol–water partition coefficient (Wildman–Crippen LogP) is 0.132. The topological polar surface area (TPSA) is 9.72 Å². The summed E-state index contributed by atoms with van der Waals surface area (Å²) in [6, 6.07) is 0. The Kier molecular flexibility index (Phi) is 5.38. The molecule has 0 unspecified atom stereocenters. The van der Waals surface area contributed by atoms with Crippen molar-refractivity contribution in [3.05, 3.63) is 0 Å². The number of rotatable bonds is 5. The lowest BCUT2D eigenvalue weighted by atomic mass is 10.8. The third-order valence-electron chi connectivity index (χ3n) is 2.70. The van der Waals surface area contributed by atoms with Gasteiger partial charge in [0.05, 0.1) is 0 Å². The van der Waals surface area contributed by atoms with Crippen LogP contribution in [0.25, 0.3) is 0 Å². The van der Waals surface area contributed by atoms with Crippen LogP contribution in [0.15, 0.2) is 0 Å². The molecule has 0 aliphatic rings. The lowest BCUT2D eigenvalue weighted by Crippen LogP contribution is -2.62. The SMILES string of the molecule is CCN([SiH2]N(C)C)[Si](C)(C)N(C)C. The summed E-state index contributed by atoms with van der Waals surface area (Å²) in [5.74, 6) is 0. The predicted molar refractivity (Wildman–Crippen MR) is 65.8 cm³/mol. The zero-order valence-electron chi connectivity index (χ0n) is 10.3. The van der Waals surface area contributed by atoms with Gasteiger partial charge in [0.2, 0.25) is 0 Å².